The maximum atomic E-state index is 11.4. The Morgan fingerprint density at radius 1 is 1.17 bits per heavy atom. The molecule has 1 atom stereocenters. The third-order valence-electron chi connectivity index (χ3n) is 3.75. The molecule has 120 valence electrons. The molecule has 3 aliphatic rings. The molecule has 1 aliphatic carbocycles. The summed E-state index contributed by atoms with van der Waals surface area (Å²) in [4.78, 5) is 27.2. The second kappa shape index (κ2) is 5.49. The van der Waals surface area contributed by atoms with Crippen LogP contribution in [0, 0.1) is 0 Å². The minimum Gasteiger partial charge on any atom is -0.489 e. The van der Waals surface area contributed by atoms with Gasteiger partial charge in [-0.2, -0.15) is 0 Å². The van der Waals surface area contributed by atoms with Crippen molar-refractivity contribution in [2.24, 2.45) is 0 Å². The number of cyclic esters (lactones) is 1. The Bertz CT molecular complexity index is 1000. The molecule has 2 heterocycles. The Labute approximate surface area is 136 Å². The van der Waals surface area contributed by atoms with Crippen molar-refractivity contribution in [1.29, 1.82) is 0 Å². The fraction of sp³-hybridized carbons (Fsp3) is 0.167. The Kier molecular flexibility index (Phi) is 3.30. The number of esters is 1. The molecule has 2 aliphatic heterocycles. The van der Waals surface area contributed by atoms with Crippen LogP contribution >= 0.6 is 0 Å². The van der Waals surface area contributed by atoms with Gasteiger partial charge in [0.25, 0.3) is 0 Å². The van der Waals surface area contributed by atoms with E-state index in [1.807, 2.05) is 0 Å². The monoisotopic (exact) mass is 323 g/mol. The fourth-order valence-electron chi connectivity index (χ4n) is 2.55. The lowest BCUT2D eigenvalue weighted by Gasteiger charge is -2.11. The van der Waals surface area contributed by atoms with Gasteiger partial charge in [0.05, 0.1) is 0 Å². The second-order valence-corrected chi connectivity index (χ2v) is 5.58. The molecule has 0 saturated heterocycles. The van der Waals surface area contributed by atoms with E-state index in [0.29, 0.717) is 33.9 Å². The fourth-order valence-corrected chi connectivity index (χ4v) is 2.55. The van der Waals surface area contributed by atoms with Gasteiger partial charge in [0, 0.05) is 17.7 Å². The van der Waals surface area contributed by atoms with Crippen LogP contribution in [0.3, 0.4) is 0 Å². The number of hydrogen-bond acceptors (Lipinski definition) is 6. The summed E-state index contributed by atoms with van der Waals surface area (Å²) in [6, 6.07) is 9.74. The summed E-state index contributed by atoms with van der Waals surface area (Å²) in [5, 5.41) is 0. The van der Waals surface area contributed by atoms with E-state index in [1.165, 1.54) is 12.1 Å². The van der Waals surface area contributed by atoms with Gasteiger partial charge in [-0.3, -0.25) is 4.79 Å². The molecule has 0 radical (unpaired) electrons. The molecule has 24 heavy (non-hydrogen) atoms. The SMILES string of the molecule is CC1=CC(COc2ccc3nc4ccc(=O)cc-4oc3c2)OC1=O. The highest BCUT2D eigenvalue weighted by atomic mass is 16.6. The second-order valence-electron chi connectivity index (χ2n) is 5.58. The van der Waals surface area contributed by atoms with Crippen LogP contribution in [0.1, 0.15) is 6.92 Å². The van der Waals surface area contributed by atoms with Crippen molar-refractivity contribution in [2.75, 3.05) is 6.61 Å². The first-order valence-corrected chi connectivity index (χ1v) is 7.45. The van der Waals surface area contributed by atoms with E-state index in [2.05, 4.69) is 4.98 Å². The van der Waals surface area contributed by atoms with Gasteiger partial charge >= 0.3 is 5.97 Å². The molecule has 0 N–H and O–H groups in total. The first-order valence-electron chi connectivity index (χ1n) is 7.45. The summed E-state index contributed by atoms with van der Waals surface area (Å²) >= 11 is 0. The average Bonchev–Trinajstić information content (AvgIpc) is 2.89. The summed E-state index contributed by atoms with van der Waals surface area (Å²) in [5.41, 5.74) is 2.25. The van der Waals surface area contributed by atoms with Gasteiger partial charge in [-0.25, -0.2) is 9.78 Å². The van der Waals surface area contributed by atoms with Crippen LogP contribution in [-0.2, 0) is 9.53 Å². The van der Waals surface area contributed by atoms with Crippen LogP contribution in [-0.4, -0.2) is 23.7 Å². The molecule has 6 heteroatoms. The molecule has 0 saturated carbocycles. The molecular formula is C18H13NO5. The largest absolute Gasteiger partial charge is 0.489 e. The zero-order valence-corrected chi connectivity index (χ0v) is 12.8. The van der Waals surface area contributed by atoms with Gasteiger partial charge in [0.2, 0.25) is 0 Å². The van der Waals surface area contributed by atoms with Gasteiger partial charge in [0.1, 0.15) is 23.6 Å². The molecule has 0 fully saturated rings. The quantitative estimate of drug-likeness (QED) is 0.544. The molecule has 6 nitrogen and oxygen atoms in total. The number of hydrogen-bond donors (Lipinski definition) is 0. The minimum atomic E-state index is -0.386. The molecule has 1 unspecified atom stereocenters. The molecule has 0 aromatic heterocycles. The topological polar surface area (TPSA) is 78.6 Å². The summed E-state index contributed by atoms with van der Waals surface area (Å²) < 4.78 is 16.5. The summed E-state index contributed by atoms with van der Waals surface area (Å²) in [7, 11) is 0. The number of fused-ring (bicyclic) bond motifs is 2. The molecule has 0 amide bonds. The molecule has 1 aromatic carbocycles. The molecule has 1 aromatic rings. The van der Waals surface area contributed by atoms with Crippen molar-refractivity contribution >= 4 is 17.1 Å². The van der Waals surface area contributed by atoms with E-state index in [9.17, 15) is 9.59 Å². The zero-order valence-electron chi connectivity index (χ0n) is 12.8. The highest BCUT2D eigenvalue weighted by Crippen LogP contribution is 2.26. The first-order chi connectivity index (χ1) is 11.6. The predicted molar refractivity (Wildman–Crippen MR) is 86.0 cm³/mol. The zero-order chi connectivity index (χ0) is 16.7. The smallest absolute Gasteiger partial charge is 0.334 e. The van der Waals surface area contributed by atoms with Gasteiger partial charge in [-0.1, -0.05) is 0 Å². The first kappa shape index (κ1) is 14.4. The minimum absolute atomic E-state index is 0.134. The van der Waals surface area contributed by atoms with E-state index in [1.54, 1.807) is 37.3 Å². The van der Waals surface area contributed by atoms with Gasteiger partial charge in [-0.15, -0.1) is 0 Å². The lowest BCUT2D eigenvalue weighted by Crippen LogP contribution is -2.17. The van der Waals surface area contributed by atoms with Crippen LogP contribution in [0.25, 0.3) is 22.6 Å². The lowest BCUT2D eigenvalue weighted by molar-refractivity contribution is -0.140. The maximum Gasteiger partial charge on any atom is 0.334 e. The van der Waals surface area contributed by atoms with Crippen LogP contribution in [0.4, 0.5) is 0 Å². The van der Waals surface area contributed by atoms with E-state index < -0.39 is 0 Å². The number of rotatable bonds is 3. The van der Waals surface area contributed by atoms with Gasteiger partial charge < -0.3 is 13.9 Å². The highest BCUT2D eigenvalue weighted by molar-refractivity contribution is 5.90. The molecule has 0 spiro atoms. The average molecular weight is 323 g/mol. The number of carbonyl (C=O) groups is 1. The van der Waals surface area contributed by atoms with Gasteiger partial charge in [0.15, 0.2) is 22.9 Å². The van der Waals surface area contributed by atoms with Gasteiger partial charge in [-0.05, 0) is 37.3 Å². The van der Waals surface area contributed by atoms with Crippen LogP contribution in [0.15, 0.2) is 57.3 Å². The normalized spacial score (nSPS) is 17.1. The molecule has 4 rings (SSSR count). The van der Waals surface area contributed by atoms with E-state index in [0.717, 1.165) is 0 Å². The Balaban J connectivity index is 1.61. The van der Waals surface area contributed by atoms with E-state index in [-0.39, 0.29) is 24.1 Å². The lowest BCUT2D eigenvalue weighted by atomic mass is 10.2. The number of carbonyl (C=O) groups excluding carboxylic acids is 1. The summed E-state index contributed by atoms with van der Waals surface area (Å²) in [6.07, 6.45) is 1.35. The predicted octanol–water partition coefficient (Wildman–Crippen LogP) is 2.54. The van der Waals surface area contributed by atoms with Crippen LogP contribution < -0.4 is 10.2 Å². The van der Waals surface area contributed by atoms with E-state index >= 15 is 0 Å². The Hall–Kier alpha value is -3.15. The van der Waals surface area contributed by atoms with Crippen molar-refractivity contribution in [1.82, 2.24) is 4.98 Å². The standard InChI is InChI=1S/C18H13NO5/c1-10-6-13(23-18(10)21)9-22-12-3-5-15-17(8-12)24-16-7-11(20)2-4-14(16)19-15/h2-8,13H,9H2,1H3. The van der Waals surface area contributed by atoms with E-state index in [4.69, 9.17) is 13.9 Å². The third-order valence-corrected chi connectivity index (χ3v) is 3.75. The Morgan fingerprint density at radius 2 is 2.04 bits per heavy atom. The molecular weight excluding hydrogens is 310 g/mol. The number of benzene rings is 2. The van der Waals surface area contributed by atoms with Crippen molar-refractivity contribution in [3.05, 3.63) is 58.3 Å². The van der Waals surface area contributed by atoms with Crippen molar-refractivity contribution in [2.45, 2.75) is 13.0 Å². The number of ether oxygens (including phenoxy) is 2. The third kappa shape index (κ3) is 2.62. The maximum absolute atomic E-state index is 11.4. The summed E-state index contributed by atoms with van der Waals surface area (Å²) in [5.74, 6) is 0.677. The summed E-state index contributed by atoms with van der Waals surface area (Å²) in [6.45, 7) is 1.93. The highest BCUT2D eigenvalue weighted by Gasteiger charge is 2.22. The molecule has 0 bridgehead atoms. The van der Waals surface area contributed by atoms with Crippen molar-refractivity contribution < 1.29 is 18.7 Å². The van der Waals surface area contributed by atoms with Crippen molar-refractivity contribution in [3.8, 4) is 17.2 Å². The van der Waals surface area contributed by atoms with Crippen molar-refractivity contribution in [3.63, 3.8) is 0 Å². The Morgan fingerprint density at radius 3 is 2.83 bits per heavy atom. The number of nitrogens with zero attached hydrogens (tertiary/aromatic N) is 1. The number of aromatic nitrogens is 1. The van der Waals surface area contributed by atoms with Crippen LogP contribution in [0.5, 0.6) is 5.75 Å². The van der Waals surface area contributed by atoms with Crippen LogP contribution in [0.2, 0.25) is 0 Å².